The Morgan fingerprint density at radius 3 is 2.50 bits per heavy atom. The summed E-state index contributed by atoms with van der Waals surface area (Å²) >= 11 is 0. The van der Waals surface area contributed by atoms with Gasteiger partial charge in [0.2, 0.25) is 0 Å². The summed E-state index contributed by atoms with van der Waals surface area (Å²) in [7, 11) is 0. The second kappa shape index (κ2) is 6.19. The zero-order valence-electron chi connectivity index (χ0n) is 10.1. The van der Waals surface area contributed by atoms with Crippen molar-refractivity contribution in [3.8, 4) is 5.75 Å². The Balaban J connectivity index is 1.83. The smallest absolute Gasteiger partial charge is 0.115 e. The molecule has 0 aromatic heterocycles. The molecule has 0 radical (unpaired) electrons. The molecule has 0 saturated heterocycles. The maximum Gasteiger partial charge on any atom is 0.115 e. The van der Waals surface area contributed by atoms with E-state index < -0.39 is 6.10 Å². The average Bonchev–Trinajstić information content (AvgIpc) is 2.40. The SMILES string of the molecule is Oc1cccc([C@H](O)CNCc2ccccc2)c1. The van der Waals surface area contributed by atoms with Crippen molar-refractivity contribution < 1.29 is 10.2 Å². The monoisotopic (exact) mass is 243 g/mol. The van der Waals surface area contributed by atoms with Crippen molar-refractivity contribution in [3.05, 3.63) is 65.7 Å². The molecular weight excluding hydrogens is 226 g/mol. The fourth-order valence-electron chi connectivity index (χ4n) is 1.80. The number of rotatable bonds is 5. The van der Waals surface area contributed by atoms with Crippen LogP contribution in [-0.2, 0) is 6.54 Å². The number of benzene rings is 2. The molecule has 2 rings (SSSR count). The Labute approximate surface area is 107 Å². The quantitative estimate of drug-likeness (QED) is 0.754. The highest BCUT2D eigenvalue weighted by molar-refractivity contribution is 5.28. The molecule has 0 aliphatic heterocycles. The molecule has 94 valence electrons. The summed E-state index contributed by atoms with van der Waals surface area (Å²) in [6.45, 7) is 1.18. The van der Waals surface area contributed by atoms with E-state index in [1.54, 1.807) is 24.3 Å². The highest BCUT2D eigenvalue weighted by Gasteiger charge is 2.07. The van der Waals surface area contributed by atoms with E-state index in [4.69, 9.17) is 0 Å². The molecule has 3 nitrogen and oxygen atoms in total. The maximum atomic E-state index is 9.95. The third-order valence-corrected chi connectivity index (χ3v) is 2.76. The first-order valence-corrected chi connectivity index (χ1v) is 5.97. The third-order valence-electron chi connectivity index (χ3n) is 2.76. The van der Waals surface area contributed by atoms with E-state index in [2.05, 4.69) is 5.32 Å². The normalized spacial score (nSPS) is 12.3. The van der Waals surface area contributed by atoms with Crippen LogP contribution in [0.4, 0.5) is 0 Å². The van der Waals surface area contributed by atoms with Crippen molar-refractivity contribution in [1.29, 1.82) is 0 Å². The molecule has 0 bridgehead atoms. The second-order valence-electron chi connectivity index (χ2n) is 4.23. The van der Waals surface area contributed by atoms with Crippen molar-refractivity contribution in [2.24, 2.45) is 0 Å². The average molecular weight is 243 g/mol. The van der Waals surface area contributed by atoms with Crippen molar-refractivity contribution in [2.45, 2.75) is 12.6 Å². The highest BCUT2D eigenvalue weighted by Crippen LogP contribution is 2.17. The van der Waals surface area contributed by atoms with Crippen LogP contribution in [-0.4, -0.2) is 16.8 Å². The van der Waals surface area contributed by atoms with Crippen LogP contribution >= 0.6 is 0 Å². The van der Waals surface area contributed by atoms with E-state index >= 15 is 0 Å². The molecule has 2 aromatic rings. The van der Waals surface area contributed by atoms with Crippen LogP contribution in [0.1, 0.15) is 17.2 Å². The van der Waals surface area contributed by atoms with Crippen LogP contribution in [0.15, 0.2) is 54.6 Å². The molecule has 0 unspecified atom stereocenters. The summed E-state index contributed by atoms with van der Waals surface area (Å²) in [6.07, 6.45) is -0.610. The summed E-state index contributed by atoms with van der Waals surface area (Å²) in [5, 5.41) is 22.5. The van der Waals surface area contributed by atoms with E-state index in [0.29, 0.717) is 6.54 Å². The Bertz CT molecular complexity index is 485. The lowest BCUT2D eigenvalue weighted by atomic mass is 10.1. The van der Waals surface area contributed by atoms with Gasteiger partial charge in [-0.25, -0.2) is 0 Å². The molecular formula is C15H17NO2. The Kier molecular flexibility index (Phi) is 4.34. The summed E-state index contributed by atoms with van der Waals surface area (Å²) in [5.41, 5.74) is 1.90. The van der Waals surface area contributed by atoms with Crippen LogP contribution in [0.25, 0.3) is 0 Å². The molecule has 0 heterocycles. The molecule has 3 N–H and O–H groups in total. The van der Waals surface area contributed by atoms with Gasteiger partial charge in [-0.2, -0.15) is 0 Å². The van der Waals surface area contributed by atoms with E-state index in [0.717, 1.165) is 12.1 Å². The minimum Gasteiger partial charge on any atom is -0.508 e. The summed E-state index contributed by atoms with van der Waals surface area (Å²) < 4.78 is 0. The van der Waals surface area contributed by atoms with Crippen LogP contribution in [0, 0.1) is 0 Å². The van der Waals surface area contributed by atoms with Gasteiger partial charge in [0.05, 0.1) is 6.10 Å². The molecule has 0 spiro atoms. The van der Waals surface area contributed by atoms with Crippen molar-refractivity contribution in [3.63, 3.8) is 0 Å². The Morgan fingerprint density at radius 1 is 1.00 bits per heavy atom. The van der Waals surface area contributed by atoms with Crippen molar-refractivity contribution in [1.82, 2.24) is 5.32 Å². The molecule has 1 atom stereocenters. The number of aliphatic hydroxyl groups is 1. The highest BCUT2D eigenvalue weighted by atomic mass is 16.3. The van der Waals surface area contributed by atoms with Crippen LogP contribution in [0.2, 0.25) is 0 Å². The number of aromatic hydroxyl groups is 1. The van der Waals surface area contributed by atoms with E-state index in [9.17, 15) is 10.2 Å². The number of hydrogen-bond acceptors (Lipinski definition) is 3. The lowest BCUT2D eigenvalue weighted by Crippen LogP contribution is -2.20. The van der Waals surface area contributed by atoms with Crippen LogP contribution in [0.3, 0.4) is 0 Å². The molecule has 0 aliphatic rings. The van der Waals surface area contributed by atoms with Gasteiger partial charge in [-0.05, 0) is 23.3 Å². The largest absolute Gasteiger partial charge is 0.508 e. The van der Waals surface area contributed by atoms with Gasteiger partial charge in [0.25, 0.3) is 0 Å². The Morgan fingerprint density at radius 2 is 1.78 bits per heavy atom. The van der Waals surface area contributed by atoms with Gasteiger partial charge >= 0.3 is 0 Å². The number of aliphatic hydroxyl groups excluding tert-OH is 1. The zero-order chi connectivity index (χ0) is 12.8. The second-order valence-corrected chi connectivity index (χ2v) is 4.23. The number of phenolic OH excluding ortho intramolecular Hbond substituents is 1. The lowest BCUT2D eigenvalue weighted by molar-refractivity contribution is 0.174. The molecule has 0 amide bonds. The number of phenols is 1. The summed E-state index contributed by atoms with van der Waals surface area (Å²) in [6, 6.07) is 16.7. The number of hydrogen-bond donors (Lipinski definition) is 3. The van der Waals surface area contributed by atoms with E-state index in [1.165, 1.54) is 5.56 Å². The minimum atomic E-state index is -0.610. The summed E-state index contributed by atoms with van der Waals surface area (Å²) in [5.74, 6) is 0.176. The summed E-state index contributed by atoms with van der Waals surface area (Å²) in [4.78, 5) is 0. The number of nitrogens with one attached hydrogen (secondary N) is 1. The van der Waals surface area contributed by atoms with Gasteiger partial charge in [-0.3, -0.25) is 0 Å². The predicted molar refractivity (Wildman–Crippen MR) is 71.2 cm³/mol. The minimum absolute atomic E-state index is 0.176. The molecule has 0 fully saturated rings. The van der Waals surface area contributed by atoms with Gasteiger partial charge < -0.3 is 15.5 Å². The lowest BCUT2D eigenvalue weighted by Gasteiger charge is -2.12. The molecule has 3 heteroatoms. The first kappa shape index (κ1) is 12.6. The molecule has 0 aliphatic carbocycles. The fraction of sp³-hybridized carbons (Fsp3) is 0.200. The Hall–Kier alpha value is -1.84. The van der Waals surface area contributed by atoms with Crippen LogP contribution in [0.5, 0.6) is 5.75 Å². The molecule has 18 heavy (non-hydrogen) atoms. The van der Waals surface area contributed by atoms with Gasteiger partial charge in [0, 0.05) is 13.1 Å². The van der Waals surface area contributed by atoms with Crippen LogP contribution < -0.4 is 5.32 Å². The van der Waals surface area contributed by atoms with Crippen molar-refractivity contribution in [2.75, 3.05) is 6.54 Å². The van der Waals surface area contributed by atoms with Crippen molar-refractivity contribution >= 4 is 0 Å². The van der Waals surface area contributed by atoms with E-state index in [1.807, 2.05) is 30.3 Å². The third kappa shape index (κ3) is 3.58. The maximum absolute atomic E-state index is 9.95. The predicted octanol–water partition coefficient (Wildman–Crippen LogP) is 2.22. The van der Waals surface area contributed by atoms with Gasteiger partial charge in [-0.1, -0.05) is 42.5 Å². The zero-order valence-corrected chi connectivity index (χ0v) is 10.1. The first-order valence-electron chi connectivity index (χ1n) is 5.97. The van der Waals surface area contributed by atoms with Gasteiger partial charge in [0.1, 0.15) is 5.75 Å². The molecule has 0 saturated carbocycles. The van der Waals surface area contributed by atoms with Gasteiger partial charge in [-0.15, -0.1) is 0 Å². The topological polar surface area (TPSA) is 52.5 Å². The van der Waals surface area contributed by atoms with E-state index in [-0.39, 0.29) is 5.75 Å². The fourth-order valence-corrected chi connectivity index (χ4v) is 1.80. The van der Waals surface area contributed by atoms with Gasteiger partial charge in [0.15, 0.2) is 0 Å². The molecule has 2 aromatic carbocycles. The first-order chi connectivity index (χ1) is 8.75. The standard InChI is InChI=1S/C15H17NO2/c17-14-8-4-7-13(9-14)15(18)11-16-10-12-5-2-1-3-6-12/h1-9,15-18H,10-11H2/t15-/m1/s1.